The van der Waals surface area contributed by atoms with Crippen LogP contribution in [-0.2, 0) is 6.54 Å². The quantitative estimate of drug-likeness (QED) is 0.557. The van der Waals surface area contributed by atoms with Crippen LogP contribution in [0.2, 0.25) is 0 Å². The summed E-state index contributed by atoms with van der Waals surface area (Å²) in [5.41, 5.74) is 6.60. The first-order valence-electron chi connectivity index (χ1n) is 6.37. The van der Waals surface area contributed by atoms with E-state index >= 15 is 0 Å². The Labute approximate surface area is 113 Å². The average molecular weight is 263 g/mol. The van der Waals surface area contributed by atoms with Gasteiger partial charge >= 0.3 is 0 Å². The first-order chi connectivity index (χ1) is 8.91. The molecule has 1 unspecified atom stereocenters. The summed E-state index contributed by atoms with van der Waals surface area (Å²) in [6.07, 6.45) is 0.779. The minimum Gasteiger partial charge on any atom is -0.496 e. The van der Waals surface area contributed by atoms with Crippen molar-refractivity contribution in [3.05, 3.63) is 29.3 Å². The highest BCUT2D eigenvalue weighted by Gasteiger charge is 2.31. The third-order valence-electron chi connectivity index (χ3n) is 3.52. The standard InChI is InChI=1S/C14H21N3O2/c1-14(18)5-6-17(9-14)8-11-7-10(13(15)16)3-4-12(11)19-2/h3-4,7,18H,5-6,8-9H2,1-2H3,(H3,15,16). The number of likely N-dealkylation sites (tertiary alicyclic amines) is 1. The Balaban J connectivity index is 2.18. The molecule has 1 aromatic rings. The van der Waals surface area contributed by atoms with E-state index in [9.17, 15) is 5.11 Å². The molecule has 5 nitrogen and oxygen atoms in total. The molecule has 1 fully saturated rings. The lowest BCUT2D eigenvalue weighted by Gasteiger charge is -2.20. The highest BCUT2D eigenvalue weighted by atomic mass is 16.5. The fraction of sp³-hybridized carbons (Fsp3) is 0.500. The van der Waals surface area contributed by atoms with Crippen LogP contribution in [-0.4, -0.2) is 41.6 Å². The number of hydrogen-bond acceptors (Lipinski definition) is 4. The Hall–Kier alpha value is -1.59. The maximum atomic E-state index is 9.99. The average Bonchev–Trinajstić information content (AvgIpc) is 2.68. The predicted octanol–water partition coefficient (Wildman–Crippen LogP) is 0.936. The molecule has 1 aliphatic rings. The molecule has 0 bridgehead atoms. The highest BCUT2D eigenvalue weighted by molar-refractivity contribution is 5.95. The smallest absolute Gasteiger partial charge is 0.123 e. The summed E-state index contributed by atoms with van der Waals surface area (Å²) in [6.45, 7) is 4.07. The summed E-state index contributed by atoms with van der Waals surface area (Å²) in [6, 6.07) is 5.50. The Kier molecular flexibility index (Phi) is 3.78. The van der Waals surface area contributed by atoms with Gasteiger partial charge in [0.25, 0.3) is 0 Å². The van der Waals surface area contributed by atoms with Gasteiger partial charge < -0.3 is 15.6 Å². The molecule has 2 rings (SSSR count). The number of amidine groups is 1. The van der Waals surface area contributed by atoms with Crippen molar-refractivity contribution in [1.29, 1.82) is 5.41 Å². The second kappa shape index (κ2) is 5.19. The maximum Gasteiger partial charge on any atom is 0.123 e. The fourth-order valence-electron chi connectivity index (χ4n) is 2.48. The normalized spacial score (nSPS) is 23.5. The van der Waals surface area contributed by atoms with Crippen molar-refractivity contribution in [1.82, 2.24) is 4.90 Å². The van der Waals surface area contributed by atoms with Gasteiger partial charge in [0, 0.05) is 30.8 Å². The SMILES string of the molecule is COc1ccc(C(=N)N)cc1CN1CCC(C)(O)C1. The van der Waals surface area contributed by atoms with Crippen LogP contribution in [0.25, 0.3) is 0 Å². The molecular formula is C14H21N3O2. The van der Waals surface area contributed by atoms with Crippen molar-refractivity contribution in [2.24, 2.45) is 5.73 Å². The molecule has 19 heavy (non-hydrogen) atoms. The number of nitrogens with zero attached hydrogens (tertiary/aromatic N) is 1. The molecule has 1 saturated heterocycles. The molecule has 0 radical (unpaired) electrons. The summed E-state index contributed by atoms with van der Waals surface area (Å²) < 4.78 is 5.34. The van der Waals surface area contributed by atoms with Gasteiger partial charge in [-0.05, 0) is 31.5 Å². The number of aliphatic hydroxyl groups is 1. The van der Waals surface area contributed by atoms with Crippen molar-refractivity contribution in [3.8, 4) is 5.75 Å². The van der Waals surface area contributed by atoms with E-state index in [2.05, 4.69) is 4.90 Å². The van der Waals surface area contributed by atoms with Crippen molar-refractivity contribution in [2.45, 2.75) is 25.5 Å². The first kappa shape index (κ1) is 13.8. The number of methoxy groups -OCH3 is 1. The molecule has 4 N–H and O–H groups in total. The minimum absolute atomic E-state index is 0.0531. The van der Waals surface area contributed by atoms with Gasteiger partial charge in [0.2, 0.25) is 0 Å². The van der Waals surface area contributed by atoms with E-state index in [1.807, 2.05) is 19.1 Å². The summed E-state index contributed by atoms with van der Waals surface area (Å²) in [4.78, 5) is 2.18. The third-order valence-corrected chi connectivity index (χ3v) is 3.52. The van der Waals surface area contributed by atoms with Crippen molar-refractivity contribution in [3.63, 3.8) is 0 Å². The van der Waals surface area contributed by atoms with Gasteiger partial charge in [-0.1, -0.05) is 0 Å². The van der Waals surface area contributed by atoms with Crippen molar-refractivity contribution < 1.29 is 9.84 Å². The van der Waals surface area contributed by atoms with Gasteiger partial charge in [0.15, 0.2) is 0 Å². The van der Waals surface area contributed by atoms with Gasteiger partial charge in [0.05, 0.1) is 12.7 Å². The lowest BCUT2D eigenvalue weighted by Crippen LogP contribution is -2.29. The molecule has 0 amide bonds. The Morgan fingerprint density at radius 1 is 1.58 bits per heavy atom. The van der Waals surface area contributed by atoms with E-state index in [-0.39, 0.29) is 5.84 Å². The number of benzene rings is 1. The zero-order chi connectivity index (χ0) is 14.0. The lowest BCUT2D eigenvalue weighted by atomic mass is 10.1. The molecule has 1 aliphatic heterocycles. The molecule has 1 atom stereocenters. The molecule has 0 saturated carbocycles. The van der Waals surface area contributed by atoms with E-state index in [1.54, 1.807) is 13.2 Å². The van der Waals surface area contributed by atoms with E-state index in [0.717, 1.165) is 24.3 Å². The number of rotatable bonds is 4. The number of nitrogens with two attached hydrogens (primary N) is 1. The topological polar surface area (TPSA) is 82.6 Å². The number of hydrogen-bond donors (Lipinski definition) is 3. The molecule has 1 heterocycles. The van der Waals surface area contributed by atoms with Gasteiger partial charge in [-0.3, -0.25) is 10.3 Å². The summed E-state index contributed by atoms with van der Waals surface area (Å²) in [7, 11) is 1.63. The second-order valence-corrected chi connectivity index (χ2v) is 5.40. The lowest BCUT2D eigenvalue weighted by molar-refractivity contribution is 0.0678. The number of nitrogen functional groups attached to an aromatic ring is 1. The monoisotopic (exact) mass is 263 g/mol. The molecule has 0 aliphatic carbocycles. The van der Waals surface area contributed by atoms with Crippen LogP contribution in [0.4, 0.5) is 0 Å². The number of β-amino-alcohol motifs (C(OH)–C–C–N with tert-alkyl or cyclic N) is 1. The first-order valence-corrected chi connectivity index (χ1v) is 6.37. The predicted molar refractivity (Wildman–Crippen MR) is 74.5 cm³/mol. The maximum absolute atomic E-state index is 9.99. The Morgan fingerprint density at radius 2 is 2.32 bits per heavy atom. The van der Waals surface area contributed by atoms with Crippen molar-refractivity contribution >= 4 is 5.84 Å². The van der Waals surface area contributed by atoms with Gasteiger partial charge in [0.1, 0.15) is 11.6 Å². The van der Waals surface area contributed by atoms with Crippen LogP contribution < -0.4 is 10.5 Å². The molecule has 104 valence electrons. The third kappa shape index (κ3) is 3.24. The molecule has 5 heteroatoms. The minimum atomic E-state index is -0.606. The molecule has 0 aromatic heterocycles. The van der Waals surface area contributed by atoms with Crippen LogP contribution in [0, 0.1) is 5.41 Å². The van der Waals surface area contributed by atoms with Gasteiger partial charge in [-0.2, -0.15) is 0 Å². The second-order valence-electron chi connectivity index (χ2n) is 5.40. The zero-order valence-corrected chi connectivity index (χ0v) is 11.4. The summed E-state index contributed by atoms with van der Waals surface area (Å²) in [5.74, 6) is 0.842. The van der Waals surface area contributed by atoms with Crippen LogP contribution in [0.15, 0.2) is 18.2 Å². The van der Waals surface area contributed by atoms with Crippen LogP contribution in [0.1, 0.15) is 24.5 Å². The van der Waals surface area contributed by atoms with Crippen LogP contribution >= 0.6 is 0 Å². The Bertz CT molecular complexity index is 486. The van der Waals surface area contributed by atoms with Crippen molar-refractivity contribution in [2.75, 3.05) is 20.2 Å². The van der Waals surface area contributed by atoms with E-state index in [0.29, 0.717) is 18.7 Å². The Morgan fingerprint density at radius 3 is 2.84 bits per heavy atom. The molecular weight excluding hydrogens is 242 g/mol. The summed E-state index contributed by atoms with van der Waals surface area (Å²) in [5, 5.41) is 17.5. The zero-order valence-electron chi connectivity index (χ0n) is 11.4. The number of ether oxygens (including phenoxy) is 1. The fourth-order valence-corrected chi connectivity index (χ4v) is 2.48. The molecule has 1 aromatic carbocycles. The van der Waals surface area contributed by atoms with Crippen LogP contribution in [0.3, 0.4) is 0 Å². The largest absolute Gasteiger partial charge is 0.496 e. The number of nitrogens with one attached hydrogen (secondary N) is 1. The summed E-state index contributed by atoms with van der Waals surface area (Å²) >= 11 is 0. The van der Waals surface area contributed by atoms with E-state index in [1.165, 1.54) is 0 Å². The highest BCUT2D eigenvalue weighted by Crippen LogP contribution is 2.26. The van der Waals surface area contributed by atoms with Crippen LogP contribution in [0.5, 0.6) is 5.75 Å². The van der Waals surface area contributed by atoms with Gasteiger partial charge in [-0.25, -0.2) is 0 Å². The van der Waals surface area contributed by atoms with E-state index in [4.69, 9.17) is 15.9 Å². The molecule has 0 spiro atoms. The van der Waals surface area contributed by atoms with E-state index < -0.39 is 5.60 Å². The van der Waals surface area contributed by atoms with Gasteiger partial charge in [-0.15, -0.1) is 0 Å².